The summed E-state index contributed by atoms with van der Waals surface area (Å²) < 4.78 is 0. The fraction of sp³-hybridized carbons (Fsp3) is 0.667. The zero-order valence-corrected chi connectivity index (χ0v) is 12.6. The molecule has 0 spiro atoms. The van der Waals surface area contributed by atoms with Crippen molar-refractivity contribution in [2.75, 3.05) is 13.1 Å². The number of aryl methyl sites for hydroxylation is 1. The molecule has 1 aromatic rings. The minimum absolute atomic E-state index is 0.428. The normalized spacial score (nSPS) is 27.9. The van der Waals surface area contributed by atoms with Crippen LogP contribution in [0.25, 0.3) is 0 Å². The largest absolute Gasteiger partial charge is 0.508 e. The lowest BCUT2D eigenvalue weighted by atomic mass is 9.86. The van der Waals surface area contributed by atoms with Crippen molar-refractivity contribution in [3.05, 3.63) is 29.3 Å². The quantitative estimate of drug-likeness (QED) is 0.869. The molecule has 0 amide bonds. The summed E-state index contributed by atoms with van der Waals surface area (Å²) in [6, 6.07) is 6.53. The Morgan fingerprint density at radius 2 is 2.05 bits per heavy atom. The van der Waals surface area contributed by atoms with Crippen LogP contribution < -0.4 is 0 Å². The number of benzene rings is 1. The van der Waals surface area contributed by atoms with Gasteiger partial charge in [0.05, 0.1) is 0 Å². The van der Waals surface area contributed by atoms with Gasteiger partial charge in [0.25, 0.3) is 0 Å². The van der Waals surface area contributed by atoms with E-state index in [1.54, 1.807) is 0 Å². The van der Waals surface area contributed by atoms with Crippen molar-refractivity contribution >= 4 is 0 Å². The second-order valence-corrected chi connectivity index (χ2v) is 6.53. The number of hydrogen-bond donors (Lipinski definition) is 1. The average molecular weight is 273 g/mol. The van der Waals surface area contributed by atoms with E-state index < -0.39 is 0 Å². The Bertz CT molecular complexity index is 457. The van der Waals surface area contributed by atoms with Crippen molar-refractivity contribution in [1.29, 1.82) is 0 Å². The van der Waals surface area contributed by atoms with Gasteiger partial charge in [-0.3, -0.25) is 4.90 Å². The Hall–Kier alpha value is -1.02. The predicted octanol–water partition coefficient (Wildman–Crippen LogP) is 4.28. The van der Waals surface area contributed by atoms with Crippen molar-refractivity contribution < 1.29 is 5.11 Å². The first-order valence-electron chi connectivity index (χ1n) is 8.33. The van der Waals surface area contributed by atoms with Crippen LogP contribution in [-0.4, -0.2) is 23.1 Å². The molecule has 2 aliphatic rings. The summed E-state index contributed by atoms with van der Waals surface area (Å²) in [4.78, 5) is 2.69. The van der Waals surface area contributed by atoms with Crippen molar-refractivity contribution in [3.8, 4) is 5.75 Å². The summed E-state index contributed by atoms with van der Waals surface area (Å²) in [7, 11) is 0. The van der Waals surface area contributed by atoms with Crippen LogP contribution >= 0.6 is 0 Å². The Morgan fingerprint density at radius 3 is 2.90 bits per heavy atom. The van der Waals surface area contributed by atoms with E-state index in [1.165, 1.54) is 69.2 Å². The van der Waals surface area contributed by atoms with Gasteiger partial charge in [0.15, 0.2) is 0 Å². The summed E-state index contributed by atoms with van der Waals surface area (Å²) in [6.07, 6.45) is 9.13. The van der Waals surface area contributed by atoms with E-state index in [1.807, 2.05) is 12.1 Å². The third-order valence-electron chi connectivity index (χ3n) is 5.31. The van der Waals surface area contributed by atoms with E-state index in [9.17, 15) is 5.11 Å². The van der Waals surface area contributed by atoms with Crippen molar-refractivity contribution in [2.24, 2.45) is 5.92 Å². The molecule has 1 aliphatic heterocycles. The molecule has 20 heavy (non-hydrogen) atoms. The average Bonchev–Trinajstić information content (AvgIpc) is 2.72. The van der Waals surface area contributed by atoms with Crippen molar-refractivity contribution in [2.45, 2.75) is 57.9 Å². The molecular weight excluding hydrogens is 246 g/mol. The number of hydrogen-bond acceptors (Lipinski definition) is 2. The zero-order valence-electron chi connectivity index (χ0n) is 12.6. The lowest BCUT2D eigenvalue weighted by molar-refractivity contribution is 0.182. The summed E-state index contributed by atoms with van der Waals surface area (Å²) >= 11 is 0. The summed E-state index contributed by atoms with van der Waals surface area (Å²) in [5, 5.41) is 9.82. The topological polar surface area (TPSA) is 23.5 Å². The fourth-order valence-corrected chi connectivity index (χ4v) is 4.05. The first kappa shape index (κ1) is 13.9. The van der Waals surface area contributed by atoms with Crippen LogP contribution in [0.15, 0.2) is 18.2 Å². The molecule has 0 bridgehead atoms. The monoisotopic (exact) mass is 273 g/mol. The molecule has 2 nitrogen and oxygen atoms in total. The smallest absolute Gasteiger partial charge is 0.115 e. The van der Waals surface area contributed by atoms with Gasteiger partial charge in [0.2, 0.25) is 0 Å². The third-order valence-corrected chi connectivity index (χ3v) is 5.31. The highest BCUT2D eigenvalue weighted by atomic mass is 16.3. The number of aromatic hydroxyl groups is 1. The lowest BCUT2D eigenvalue weighted by Gasteiger charge is -2.35. The van der Waals surface area contributed by atoms with Crippen LogP contribution in [0, 0.1) is 5.92 Å². The van der Waals surface area contributed by atoms with Gasteiger partial charge in [-0.2, -0.15) is 0 Å². The SMILES string of the molecule is CCC1CCCN(C2CCCc3ccc(O)cc32)CC1. The molecule has 1 saturated heterocycles. The van der Waals surface area contributed by atoms with Gasteiger partial charge in [0, 0.05) is 6.04 Å². The van der Waals surface area contributed by atoms with Crippen LogP contribution in [0.3, 0.4) is 0 Å². The van der Waals surface area contributed by atoms with Crippen LogP contribution in [0.5, 0.6) is 5.75 Å². The van der Waals surface area contributed by atoms with Gasteiger partial charge in [-0.25, -0.2) is 0 Å². The lowest BCUT2D eigenvalue weighted by Crippen LogP contribution is -2.32. The highest BCUT2D eigenvalue weighted by molar-refractivity contribution is 5.38. The second-order valence-electron chi connectivity index (χ2n) is 6.53. The molecule has 1 aromatic carbocycles. The number of phenols is 1. The maximum Gasteiger partial charge on any atom is 0.115 e. The molecule has 0 aromatic heterocycles. The first-order chi connectivity index (χ1) is 9.78. The van der Waals surface area contributed by atoms with Gasteiger partial charge in [-0.15, -0.1) is 0 Å². The maximum absolute atomic E-state index is 9.82. The Balaban J connectivity index is 1.79. The summed E-state index contributed by atoms with van der Waals surface area (Å²) in [6.45, 7) is 4.79. The van der Waals surface area contributed by atoms with Crippen LogP contribution in [0.4, 0.5) is 0 Å². The number of phenolic OH excluding ortho intramolecular Hbond substituents is 1. The van der Waals surface area contributed by atoms with Gasteiger partial charge < -0.3 is 5.11 Å². The molecule has 0 radical (unpaired) electrons. The number of nitrogens with zero attached hydrogens (tertiary/aromatic N) is 1. The maximum atomic E-state index is 9.82. The standard InChI is InChI=1S/C18H27NO/c1-2-14-5-4-11-19(12-10-14)18-7-3-6-15-8-9-16(20)13-17(15)18/h8-9,13-14,18,20H,2-7,10-12H2,1H3. The molecule has 2 heteroatoms. The second kappa shape index (κ2) is 6.17. The highest BCUT2D eigenvalue weighted by Crippen LogP contribution is 2.37. The van der Waals surface area contributed by atoms with Gasteiger partial charge in [-0.05, 0) is 80.8 Å². The minimum atomic E-state index is 0.428. The minimum Gasteiger partial charge on any atom is -0.508 e. The van der Waals surface area contributed by atoms with E-state index in [0.717, 1.165) is 5.92 Å². The number of fused-ring (bicyclic) bond motifs is 1. The Morgan fingerprint density at radius 1 is 1.15 bits per heavy atom. The van der Waals surface area contributed by atoms with E-state index in [2.05, 4.69) is 17.9 Å². The van der Waals surface area contributed by atoms with Crippen LogP contribution in [0.2, 0.25) is 0 Å². The molecule has 1 fully saturated rings. The number of rotatable bonds is 2. The molecule has 2 atom stereocenters. The van der Waals surface area contributed by atoms with E-state index >= 15 is 0 Å². The fourth-order valence-electron chi connectivity index (χ4n) is 4.05. The highest BCUT2D eigenvalue weighted by Gasteiger charge is 2.27. The molecule has 1 heterocycles. The summed E-state index contributed by atoms with van der Waals surface area (Å²) in [5.41, 5.74) is 2.85. The summed E-state index contributed by atoms with van der Waals surface area (Å²) in [5.74, 6) is 1.35. The van der Waals surface area contributed by atoms with Crippen molar-refractivity contribution in [3.63, 3.8) is 0 Å². The third kappa shape index (κ3) is 2.85. The van der Waals surface area contributed by atoms with E-state index in [4.69, 9.17) is 0 Å². The van der Waals surface area contributed by atoms with Crippen LogP contribution in [-0.2, 0) is 6.42 Å². The molecule has 110 valence electrons. The van der Waals surface area contributed by atoms with Gasteiger partial charge >= 0.3 is 0 Å². The van der Waals surface area contributed by atoms with Crippen molar-refractivity contribution in [1.82, 2.24) is 4.90 Å². The van der Waals surface area contributed by atoms with Gasteiger partial charge in [0.1, 0.15) is 5.75 Å². The molecule has 1 aliphatic carbocycles. The van der Waals surface area contributed by atoms with E-state index in [0.29, 0.717) is 11.8 Å². The molecule has 2 unspecified atom stereocenters. The van der Waals surface area contributed by atoms with E-state index in [-0.39, 0.29) is 0 Å². The predicted molar refractivity (Wildman–Crippen MR) is 83.0 cm³/mol. The molecular formula is C18H27NO. The molecule has 1 N–H and O–H groups in total. The first-order valence-corrected chi connectivity index (χ1v) is 8.33. The Labute approximate surface area is 122 Å². The van der Waals surface area contributed by atoms with Gasteiger partial charge in [-0.1, -0.05) is 19.4 Å². The van der Waals surface area contributed by atoms with Crippen LogP contribution in [0.1, 0.15) is 62.6 Å². The number of likely N-dealkylation sites (tertiary alicyclic amines) is 1. The Kier molecular flexibility index (Phi) is 4.30. The molecule has 3 rings (SSSR count). The zero-order chi connectivity index (χ0) is 13.9. The molecule has 0 saturated carbocycles.